The molecule has 1 amide bonds. The minimum absolute atomic E-state index is 0.0813. The van der Waals surface area contributed by atoms with Crippen LogP contribution >= 0.6 is 0 Å². The van der Waals surface area contributed by atoms with Crippen LogP contribution in [-0.4, -0.2) is 65.5 Å². The minimum atomic E-state index is -4.16. The fraction of sp³-hybridized carbons (Fsp3) is 0.733. The Morgan fingerprint density at radius 3 is 2.92 bits per heavy atom. The number of hydrogen-bond acceptors (Lipinski definition) is 4. The molecule has 0 aromatic carbocycles. The quantitative estimate of drug-likeness (QED) is 0.732. The summed E-state index contributed by atoms with van der Waals surface area (Å²) in [4.78, 5) is 13.2. The van der Waals surface area contributed by atoms with E-state index < -0.39 is 12.7 Å². The third-order valence-corrected chi connectivity index (χ3v) is 3.99. The van der Waals surface area contributed by atoms with E-state index in [9.17, 15) is 18.0 Å². The number of alkyl halides is 3. The van der Waals surface area contributed by atoms with E-state index in [-0.39, 0.29) is 24.4 Å². The first-order chi connectivity index (χ1) is 11.3. The smallest absolute Gasteiger partial charge is 0.355 e. The zero-order valence-electron chi connectivity index (χ0n) is 13.7. The van der Waals surface area contributed by atoms with Crippen molar-refractivity contribution < 1.29 is 18.0 Å². The van der Waals surface area contributed by atoms with Crippen LogP contribution in [0.15, 0.2) is 18.5 Å². The molecule has 6 nitrogen and oxygen atoms in total. The van der Waals surface area contributed by atoms with Gasteiger partial charge in [0.25, 0.3) is 0 Å². The first-order valence-corrected chi connectivity index (χ1v) is 8.08. The molecule has 1 fully saturated rings. The van der Waals surface area contributed by atoms with Gasteiger partial charge in [-0.05, 0) is 31.9 Å². The van der Waals surface area contributed by atoms with Crippen LogP contribution in [0, 0.1) is 5.92 Å². The Kier molecular flexibility index (Phi) is 6.61. The number of carbonyl (C=O) groups excluding carboxylic acids is 1. The molecule has 0 unspecified atom stereocenters. The maximum Gasteiger partial charge on any atom is 0.401 e. The number of halogens is 3. The topological polar surface area (TPSA) is 62.2 Å². The highest BCUT2D eigenvalue weighted by molar-refractivity contribution is 5.78. The molecule has 1 aliphatic rings. The minimum Gasteiger partial charge on any atom is -0.355 e. The molecule has 1 aromatic heterocycles. The van der Waals surface area contributed by atoms with Crippen molar-refractivity contribution in [3.05, 3.63) is 18.5 Å². The second-order valence-electron chi connectivity index (χ2n) is 6.32. The Bertz CT molecular complexity index is 506. The van der Waals surface area contributed by atoms with E-state index in [0.717, 1.165) is 0 Å². The van der Waals surface area contributed by atoms with Crippen molar-refractivity contribution in [2.75, 3.05) is 32.7 Å². The molecule has 1 aliphatic heterocycles. The number of nitrogens with one attached hydrogen (secondary N) is 2. The number of carbonyl (C=O) groups is 1. The summed E-state index contributed by atoms with van der Waals surface area (Å²) in [6.07, 6.45) is 0.0699. The van der Waals surface area contributed by atoms with Gasteiger partial charge in [0.1, 0.15) is 0 Å². The molecule has 136 valence electrons. The largest absolute Gasteiger partial charge is 0.401 e. The summed E-state index contributed by atoms with van der Waals surface area (Å²) in [6.45, 7) is 3.16. The second-order valence-corrected chi connectivity index (χ2v) is 6.32. The van der Waals surface area contributed by atoms with Gasteiger partial charge >= 0.3 is 6.18 Å². The van der Waals surface area contributed by atoms with Gasteiger partial charge in [-0.15, -0.1) is 0 Å². The molecule has 1 saturated heterocycles. The SMILES string of the molecule is C[C@@H](Cn1cccn1)NCC(=O)NC[C@H]1CCN(CC(F)(F)F)C1. The van der Waals surface area contributed by atoms with Crippen molar-refractivity contribution >= 4 is 5.91 Å². The van der Waals surface area contributed by atoms with E-state index >= 15 is 0 Å². The zero-order valence-corrected chi connectivity index (χ0v) is 13.7. The molecular formula is C15H24F3N5O. The summed E-state index contributed by atoms with van der Waals surface area (Å²) in [6, 6.07) is 1.92. The van der Waals surface area contributed by atoms with Gasteiger partial charge in [-0.2, -0.15) is 18.3 Å². The van der Waals surface area contributed by atoms with Gasteiger partial charge in [0.2, 0.25) is 5.91 Å². The van der Waals surface area contributed by atoms with E-state index in [0.29, 0.717) is 32.6 Å². The number of likely N-dealkylation sites (tertiary alicyclic amines) is 1. The van der Waals surface area contributed by atoms with Gasteiger partial charge in [-0.25, -0.2) is 0 Å². The Hall–Kier alpha value is -1.61. The van der Waals surface area contributed by atoms with E-state index in [4.69, 9.17) is 0 Å². The molecule has 0 spiro atoms. The van der Waals surface area contributed by atoms with Crippen molar-refractivity contribution in [1.29, 1.82) is 0 Å². The van der Waals surface area contributed by atoms with Crippen molar-refractivity contribution in [3.8, 4) is 0 Å². The Labute approximate surface area is 139 Å². The zero-order chi connectivity index (χ0) is 17.6. The monoisotopic (exact) mass is 347 g/mol. The van der Waals surface area contributed by atoms with Crippen LogP contribution in [-0.2, 0) is 11.3 Å². The summed E-state index contributed by atoms with van der Waals surface area (Å²) in [5.41, 5.74) is 0. The highest BCUT2D eigenvalue weighted by Crippen LogP contribution is 2.22. The standard InChI is InChI=1S/C15H24F3N5O/c1-12(9-23-5-2-4-21-23)19-8-14(24)20-7-13-3-6-22(10-13)11-15(16,17)18/h2,4-5,12-13,19H,3,6-11H2,1H3,(H,20,24)/t12-,13+/m0/s1. The van der Waals surface area contributed by atoms with Gasteiger partial charge < -0.3 is 10.6 Å². The van der Waals surface area contributed by atoms with E-state index in [1.807, 2.05) is 19.2 Å². The summed E-state index contributed by atoms with van der Waals surface area (Å²) in [7, 11) is 0. The number of amides is 1. The van der Waals surface area contributed by atoms with E-state index in [1.54, 1.807) is 10.9 Å². The van der Waals surface area contributed by atoms with E-state index in [2.05, 4.69) is 15.7 Å². The lowest BCUT2D eigenvalue weighted by Gasteiger charge is -2.18. The molecule has 0 radical (unpaired) electrons. The summed E-state index contributed by atoms with van der Waals surface area (Å²) in [5, 5.41) is 9.99. The van der Waals surface area contributed by atoms with Crippen molar-refractivity contribution in [3.63, 3.8) is 0 Å². The molecule has 24 heavy (non-hydrogen) atoms. The second kappa shape index (κ2) is 8.48. The van der Waals surface area contributed by atoms with Gasteiger partial charge in [0, 0.05) is 31.5 Å². The third-order valence-electron chi connectivity index (χ3n) is 3.99. The molecule has 2 rings (SSSR count). The van der Waals surface area contributed by atoms with Crippen molar-refractivity contribution in [2.45, 2.75) is 32.1 Å². The Balaban J connectivity index is 1.58. The van der Waals surface area contributed by atoms with Gasteiger partial charge in [-0.1, -0.05) is 0 Å². The lowest BCUT2D eigenvalue weighted by Crippen LogP contribution is -2.41. The average molecular weight is 347 g/mol. The van der Waals surface area contributed by atoms with Gasteiger partial charge in [0.15, 0.2) is 0 Å². The van der Waals surface area contributed by atoms with Gasteiger partial charge in [0.05, 0.1) is 19.6 Å². The molecule has 2 atom stereocenters. The van der Waals surface area contributed by atoms with Crippen LogP contribution < -0.4 is 10.6 Å². The normalized spacial score (nSPS) is 20.2. The van der Waals surface area contributed by atoms with Crippen LogP contribution in [0.1, 0.15) is 13.3 Å². The molecule has 1 aromatic rings. The summed E-state index contributed by atoms with van der Waals surface area (Å²) < 4.78 is 38.8. The van der Waals surface area contributed by atoms with Crippen LogP contribution in [0.25, 0.3) is 0 Å². The number of rotatable bonds is 8. The maximum absolute atomic E-state index is 12.3. The van der Waals surface area contributed by atoms with Crippen LogP contribution in [0.5, 0.6) is 0 Å². The van der Waals surface area contributed by atoms with Crippen molar-refractivity contribution in [2.24, 2.45) is 5.92 Å². The number of nitrogens with zero attached hydrogens (tertiary/aromatic N) is 3. The molecule has 9 heteroatoms. The number of hydrogen-bond donors (Lipinski definition) is 2. The Morgan fingerprint density at radius 1 is 1.46 bits per heavy atom. The predicted molar refractivity (Wildman–Crippen MR) is 83.3 cm³/mol. The molecule has 0 aliphatic carbocycles. The predicted octanol–water partition coefficient (Wildman–Crippen LogP) is 0.862. The van der Waals surface area contributed by atoms with Crippen LogP contribution in [0.3, 0.4) is 0 Å². The first kappa shape index (κ1) is 18.7. The fourth-order valence-electron chi connectivity index (χ4n) is 2.82. The average Bonchev–Trinajstić information content (AvgIpc) is 3.13. The number of aromatic nitrogens is 2. The molecule has 0 saturated carbocycles. The van der Waals surface area contributed by atoms with Crippen LogP contribution in [0.4, 0.5) is 13.2 Å². The first-order valence-electron chi connectivity index (χ1n) is 8.08. The lowest BCUT2D eigenvalue weighted by molar-refractivity contribution is -0.143. The van der Waals surface area contributed by atoms with Gasteiger partial charge in [-0.3, -0.25) is 14.4 Å². The maximum atomic E-state index is 12.3. The summed E-state index contributed by atoms with van der Waals surface area (Å²) in [5.74, 6) is -0.0608. The molecule has 0 bridgehead atoms. The Morgan fingerprint density at radius 2 is 2.25 bits per heavy atom. The van der Waals surface area contributed by atoms with E-state index in [1.165, 1.54) is 4.90 Å². The highest BCUT2D eigenvalue weighted by Gasteiger charge is 2.34. The molecule has 2 heterocycles. The van der Waals surface area contributed by atoms with Crippen molar-refractivity contribution in [1.82, 2.24) is 25.3 Å². The molecular weight excluding hydrogens is 323 g/mol. The molecule has 2 N–H and O–H groups in total. The third kappa shape index (κ3) is 6.88. The van der Waals surface area contributed by atoms with Crippen LogP contribution in [0.2, 0.25) is 0 Å². The highest BCUT2D eigenvalue weighted by atomic mass is 19.4. The fourth-order valence-corrected chi connectivity index (χ4v) is 2.82. The lowest BCUT2D eigenvalue weighted by atomic mass is 10.1. The summed E-state index contributed by atoms with van der Waals surface area (Å²) >= 11 is 0.